The van der Waals surface area contributed by atoms with Gasteiger partial charge in [0, 0.05) is 13.1 Å². The second kappa shape index (κ2) is 10.7. The van der Waals surface area contributed by atoms with E-state index in [1.807, 2.05) is 53.2 Å². The number of aromatic nitrogens is 3. The minimum absolute atomic E-state index is 0.163. The summed E-state index contributed by atoms with van der Waals surface area (Å²) in [5.41, 5.74) is 2.94. The molecule has 1 fully saturated rings. The number of carbonyl (C=O) groups excluding carboxylic acids is 1. The summed E-state index contributed by atoms with van der Waals surface area (Å²) in [5, 5.41) is 22.3. The smallest absolute Gasteiger partial charge is 0.137 e. The van der Waals surface area contributed by atoms with E-state index in [0.717, 1.165) is 27.6 Å². The van der Waals surface area contributed by atoms with Crippen molar-refractivity contribution in [2.45, 2.75) is 38.4 Å². The van der Waals surface area contributed by atoms with E-state index in [-0.39, 0.29) is 12.6 Å². The van der Waals surface area contributed by atoms with Crippen LogP contribution >= 0.6 is 0 Å². The number of hydrogen-bond donors (Lipinski definition) is 0. The van der Waals surface area contributed by atoms with Crippen molar-refractivity contribution in [2.24, 2.45) is 0 Å². The van der Waals surface area contributed by atoms with Crippen molar-refractivity contribution in [3.8, 4) is 0 Å². The van der Waals surface area contributed by atoms with Gasteiger partial charge in [-0.25, -0.2) is 4.68 Å². The molecule has 1 aliphatic heterocycles. The minimum atomic E-state index is -1.19. The Bertz CT molecular complexity index is 1280. The van der Waals surface area contributed by atoms with Gasteiger partial charge in [0.1, 0.15) is 6.09 Å². The molecule has 1 amide bonds. The van der Waals surface area contributed by atoms with Gasteiger partial charge in [-0.3, -0.25) is 0 Å². The maximum Gasteiger partial charge on any atom is 0.137 e. The van der Waals surface area contributed by atoms with E-state index in [1.54, 1.807) is 6.20 Å². The normalized spacial score (nSPS) is 18.1. The van der Waals surface area contributed by atoms with Crippen molar-refractivity contribution in [2.75, 3.05) is 13.1 Å². The Morgan fingerprint density at radius 3 is 2.57 bits per heavy atom. The fraction of sp³-hybridized carbons (Fsp3) is 0.296. The van der Waals surface area contributed by atoms with Crippen LogP contribution in [0.2, 0.25) is 0 Å². The lowest BCUT2D eigenvalue weighted by Crippen LogP contribution is -2.52. The topological polar surface area (TPSA) is 92.5 Å². The van der Waals surface area contributed by atoms with Crippen molar-refractivity contribution in [1.29, 1.82) is 0 Å². The number of ether oxygens (including phenoxy) is 2. The highest BCUT2D eigenvalue weighted by molar-refractivity contribution is 5.82. The highest BCUT2D eigenvalue weighted by Crippen LogP contribution is 2.27. The van der Waals surface area contributed by atoms with E-state index in [1.165, 1.54) is 4.90 Å². The summed E-state index contributed by atoms with van der Waals surface area (Å²) in [6.07, 6.45) is 0.650. The van der Waals surface area contributed by atoms with Gasteiger partial charge in [0.25, 0.3) is 0 Å². The molecule has 0 N–H and O–H groups in total. The zero-order chi connectivity index (χ0) is 24.0. The second-order valence-corrected chi connectivity index (χ2v) is 8.75. The van der Waals surface area contributed by atoms with Crippen LogP contribution < -0.4 is 5.11 Å². The first-order valence-electron chi connectivity index (χ1n) is 11.7. The third-order valence-corrected chi connectivity index (χ3v) is 6.39. The molecule has 8 nitrogen and oxygen atoms in total. The van der Waals surface area contributed by atoms with Crippen LogP contribution in [0.15, 0.2) is 79.0 Å². The second-order valence-electron chi connectivity index (χ2n) is 8.75. The highest BCUT2D eigenvalue weighted by Gasteiger charge is 2.33. The molecule has 1 aromatic heterocycles. The number of fused-ring (bicyclic) bond motifs is 1. The zero-order valence-corrected chi connectivity index (χ0v) is 19.3. The molecule has 1 saturated heterocycles. The van der Waals surface area contributed by atoms with E-state index in [2.05, 4.69) is 34.6 Å². The lowest BCUT2D eigenvalue weighted by molar-refractivity contribution is -0.269. The Kier molecular flexibility index (Phi) is 7.02. The molecule has 1 aliphatic rings. The van der Waals surface area contributed by atoms with Crippen LogP contribution in [0.1, 0.15) is 29.3 Å². The molecule has 4 aromatic rings. The van der Waals surface area contributed by atoms with Crippen molar-refractivity contribution in [3.05, 3.63) is 95.8 Å². The van der Waals surface area contributed by atoms with Crippen LogP contribution in [0.4, 0.5) is 4.79 Å². The van der Waals surface area contributed by atoms with Gasteiger partial charge in [-0.1, -0.05) is 71.9 Å². The predicted molar refractivity (Wildman–Crippen MR) is 128 cm³/mol. The fourth-order valence-corrected chi connectivity index (χ4v) is 4.54. The molecule has 0 spiro atoms. The summed E-state index contributed by atoms with van der Waals surface area (Å²) in [5.74, 6) is 0. The zero-order valence-electron chi connectivity index (χ0n) is 19.3. The Hall–Kier alpha value is -3.75. The van der Waals surface area contributed by atoms with Crippen LogP contribution in [-0.4, -0.2) is 45.2 Å². The molecule has 0 radical (unpaired) electrons. The SMILES string of the molecule is O=C([O-])N1CCC(n2nncc2COCc2ccccc2)C(OCc2ccc3ccccc3c2)C1. The standard InChI is InChI=1S/C27H28N4O4/c32-27(33)30-13-12-25(31-24(15-28-29-31)19-34-17-20-6-2-1-3-7-20)26(16-30)35-18-21-10-11-22-8-4-5-9-23(22)14-21/h1-11,14-15,25-26H,12-13,16-19H2,(H,32,33)/p-1. The van der Waals surface area contributed by atoms with Crippen molar-refractivity contribution in [3.63, 3.8) is 0 Å². The van der Waals surface area contributed by atoms with E-state index in [4.69, 9.17) is 9.47 Å². The summed E-state index contributed by atoms with van der Waals surface area (Å²) >= 11 is 0. The number of benzene rings is 3. The van der Waals surface area contributed by atoms with Crippen LogP contribution in [0.5, 0.6) is 0 Å². The molecule has 180 valence electrons. The van der Waals surface area contributed by atoms with E-state index in [0.29, 0.717) is 32.8 Å². The largest absolute Gasteiger partial charge is 0.530 e. The van der Waals surface area contributed by atoms with Crippen molar-refractivity contribution >= 4 is 16.9 Å². The lowest BCUT2D eigenvalue weighted by atomic mass is 10.0. The van der Waals surface area contributed by atoms with Crippen molar-refractivity contribution in [1.82, 2.24) is 19.9 Å². The molecule has 2 atom stereocenters. The maximum absolute atomic E-state index is 11.6. The Balaban J connectivity index is 1.29. The first kappa shape index (κ1) is 23.0. The molecule has 2 heterocycles. The van der Waals surface area contributed by atoms with Crippen LogP contribution in [-0.2, 0) is 29.3 Å². The number of likely N-dealkylation sites (tertiary alicyclic amines) is 1. The molecule has 8 heteroatoms. The Morgan fingerprint density at radius 2 is 1.74 bits per heavy atom. The number of carboxylic acid groups (broad SMARTS) is 1. The van der Waals surface area contributed by atoms with Gasteiger partial charge in [-0.15, -0.1) is 5.10 Å². The molecule has 0 aliphatic carbocycles. The number of nitrogens with zero attached hydrogens (tertiary/aromatic N) is 4. The van der Waals surface area contributed by atoms with E-state index < -0.39 is 12.2 Å². The fourth-order valence-electron chi connectivity index (χ4n) is 4.54. The summed E-state index contributed by atoms with van der Waals surface area (Å²) < 4.78 is 14.0. The molecule has 0 saturated carbocycles. The Morgan fingerprint density at radius 1 is 0.943 bits per heavy atom. The molecule has 3 aromatic carbocycles. The summed E-state index contributed by atoms with van der Waals surface area (Å²) in [7, 11) is 0. The van der Waals surface area contributed by atoms with Crippen LogP contribution in [0, 0.1) is 0 Å². The third-order valence-electron chi connectivity index (χ3n) is 6.39. The summed E-state index contributed by atoms with van der Waals surface area (Å²) in [6.45, 7) is 1.76. The Labute approximate surface area is 203 Å². The van der Waals surface area contributed by atoms with Gasteiger partial charge in [0.15, 0.2) is 0 Å². The monoisotopic (exact) mass is 471 g/mol. The highest BCUT2D eigenvalue weighted by atomic mass is 16.5. The average molecular weight is 472 g/mol. The summed E-state index contributed by atoms with van der Waals surface area (Å²) in [6, 6.07) is 24.2. The number of hydrogen-bond acceptors (Lipinski definition) is 6. The molecule has 0 bridgehead atoms. The number of amides is 1. The van der Waals surface area contributed by atoms with E-state index >= 15 is 0 Å². The van der Waals surface area contributed by atoms with Gasteiger partial charge in [-0.05, 0) is 34.4 Å². The lowest BCUT2D eigenvalue weighted by Gasteiger charge is -2.39. The van der Waals surface area contributed by atoms with E-state index in [9.17, 15) is 9.90 Å². The van der Waals surface area contributed by atoms with Crippen molar-refractivity contribution < 1.29 is 19.4 Å². The van der Waals surface area contributed by atoms with Crippen LogP contribution in [0.3, 0.4) is 0 Å². The third kappa shape index (κ3) is 5.50. The number of carbonyl (C=O) groups is 1. The number of rotatable bonds is 8. The first-order chi connectivity index (χ1) is 17.2. The minimum Gasteiger partial charge on any atom is -0.530 e. The van der Waals surface area contributed by atoms with Crippen LogP contribution in [0.25, 0.3) is 10.8 Å². The van der Waals surface area contributed by atoms with Gasteiger partial charge < -0.3 is 24.3 Å². The molecule has 35 heavy (non-hydrogen) atoms. The molecule has 2 unspecified atom stereocenters. The quantitative estimate of drug-likeness (QED) is 0.391. The van der Waals surface area contributed by atoms with Gasteiger partial charge in [0.05, 0.1) is 43.9 Å². The molecular formula is C27H27N4O4-. The number of piperidine rings is 1. The van der Waals surface area contributed by atoms with Gasteiger partial charge in [-0.2, -0.15) is 0 Å². The maximum atomic E-state index is 11.6. The van der Waals surface area contributed by atoms with Gasteiger partial charge >= 0.3 is 0 Å². The molecular weight excluding hydrogens is 444 g/mol. The summed E-state index contributed by atoms with van der Waals surface area (Å²) in [4.78, 5) is 12.9. The van der Waals surface area contributed by atoms with Gasteiger partial charge in [0.2, 0.25) is 0 Å². The molecule has 5 rings (SSSR count). The average Bonchev–Trinajstić information content (AvgIpc) is 3.36. The first-order valence-corrected chi connectivity index (χ1v) is 11.7. The predicted octanol–water partition coefficient (Wildman–Crippen LogP) is 3.32.